The van der Waals surface area contributed by atoms with Crippen LogP contribution in [0.3, 0.4) is 0 Å². The second-order valence-electron chi connectivity index (χ2n) is 7.55. The van der Waals surface area contributed by atoms with Crippen LogP contribution in [0.4, 0.5) is 4.39 Å². The highest BCUT2D eigenvalue weighted by Gasteiger charge is 2.34. The van der Waals surface area contributed by atoms with Gasteiger partial charge in [-0.05, 0) is 61.1 Å². The summed E-state index contributed by atoms with van der Waals surface area (Å²) in [5.41, 5.74) is 2.78. The third-order valence-corrected chi connectivity index (χ3v) is 6.11. The largest absolute Gasteiger partial charge is 0.486 e. The van der Waals surface area contributed by atoms with Crippen LogP contribution in [-0.2, 0) is 6.42 Å². The molecule has 4 rings (SSSR count). The molecule has 1 N–H and O–H groups in total. The molecule has 2 bridgehead atoms. The van der Waals surface area contributed by atoms with E-state index in [1.807, 2.05) is 17.9 Å². The van der Waals surface area contributed by atoms with E-state index in [0.717, 1.165) is 24.0 Å². The summed E-state index contributed by atoms with van der Waals surface area (Å²) in [6.45, 7) is 3.16. The van der Waals surface area contributed by atoms with Gasteiger partial charge >= 0.3 is 0 Å². The van der Waals surface area contributed by atoms with Gasteiger partial charge in [0.2, 0.25) is 0 Å². The predicted molar refractivity (Wildman–Crippen MR) is 108 cm³/mol. The summed E-state index contributed by atoms with van der Waals surface area (Å²) in [5, 5.41) is 2.85. The molecule has 2 aliphatic heterocycles. The molecule has 0 radical (unpaired) electrons. The number of rotatable bonds is 3. The SMILES string of the molecule is CNC(=O)c1ccc(Cc2cc3c(c(Cl)c2C)O[C@@H]2CCCN(C2)C3=O)cc1F. The predicted octanol–water partition coefficient (Wildman–Crippen LogP) is 3.73. The van der Waals surface area contributed by atoms with Crippen LogP contribution in [0.25, 0.3) is 0 Å². The minimum Gasteiger partial charge on any atom is -0.486 e. The zero-order chi connectivity index (χ0) is 20.7. The summed E-state index contributed by atoms with van der Waals surface area (Å²) in [5.74, 6) is -0.680. The summed E-state index contributed by atoms with van der Waals surface area (Å²) in [6, 6.07) is 6.33. The van der Waals surface area contributed by atoms with Crippen LogP contribution in [0, 0.1) is 12.7 Å². The van der Waals surface area contributed by atoms with Crippen molar-refractivity contribution in [2.24, 2.45) is 0 Å². The molecule has 152 valence electrons. The van der Waals surface area contributed by atoms with Crippen LogP contribution in [-0.4, -0.2) is 43.0 Å². The minimum atomic E-state index is -0.584. The summed E-state index contributed by atoms with van der Waals surface area (Å²) >= 11 is 6.60. The second-order valence-corrected chi connectivity index (χ2v) is 7.93. The number of hydrogen-bond donors (Lipinski definition) is 1. The molecule has 7 heteroatoms. The number of nitrogens with one attached hydrogen (secondary N) is 1. The highest BCUT2D eigenvalue weighted by atomic mass is 35.5. The van der Waals surface area contributed by atoms with Gasteiger partial charge in [-0.2, -0.15) is 0 Å². The molecular formula is C22H22ClFN2O3. The van der Waals surface area contributed by atoms with Gasteiger partial charge in [0.05, 0.1) is 22.7 Å². The average molecular weight is 417 g/mol. The summed E-state index contributed by atoms with van der Waals surface area (Å²) in [7, 11) is 1.46. The first-order chi connectivity index (χ1) is 13.9. The van der Waals surface area contributed by atoms with E-state index in [2.05, 4.69) is 5.32 Å². The molecule has 5 nitrogen and oxygen atoms in total. The number of halogens is 2. The Bertz CT molecular complexity index is 1010. The zero-order valence-electron chi connectivity index (χ0n) is 16.4. The Morgan fingerprint density at radius 3 is 2.90 bits per heavy atom. The number of carbonyl (C=O) groups is 2. The van der Waals surface area contributed by atoms with Gasteiger partial charge in [-0.25, -0.2) is 4.39 Å². The highest BCUT2D eigenvalue weighted by Crippen LogP contribution is 2.39. The molecule has 1 saturated heterocycles. The smallest absolute Gasteiger partial charge is 0.257 e. The molecule has 29 heavy (non-hydrogen) atoms. The van der Waals surface area contributed by atoms with Gasteiger partial charge in [-0.3, -0.25) is 9.59 Å². The van der Waals surface area contributed by atoms with Crippen molar-refractivity contribution in [3.8, 4) is 5.75 Å². The van der Waals surface area contributed by atoms with Crippen LogP contribution < -0.4 is 10.1 Å². The fourth-order valence-electron chi connectivity index (χ4n) is 4.00. The molecular weight excluding hydrogens is 395 g/mol. The first kappa shape index (κ1) is 19.7. The quantitative estimate of drug-likeness (QED) is 0.829. The van der Waals surface area contributed by atoms with Crippen molar-refractivity contribution in [1.82, 2.24) is 10.2 Å². The van der Waals surface area contributed by atoms with E-state index in [0.29, 0.717) is 41.4 Å². The van der Waals surface area contributed by atoms with Crippen molar-refractivity contribution >= 4 is 23.4 Å². The molecule has 2 aromatic rings. The molecule has 0 spiro atoms. The maximum atomic E-state index is 14.3. The molecule has 0 saturated carbocycles. The molecule has 2 amide bonds. The standard InChI is InChI=1S/C22H22ClFN2O3/c1-12-14(8-13-5-6-16(18(24)9-13)21(27)25-2)10-17-20(19(12)23)29-15-4-3-7-26(11-15)22(17)28/h5-6,9-10,15H,3-4,7-8,11H2,1-2H3,(H,25,27)/t15-/m1/s1. The van der Waals surface area contributed by atoms with E-state index in [1.54, 1.807) is 6.07 Å². The van der Waals surface area contributed by atoms with Gasteiger partial charge in [-0.15, -0.1) is 0 Å². The molecule has 2 heterocycles. The van der Waals surface area contributed by atoms with Crippen molar-refractivity contribution in [2.45, 2.75) is 32.3 Å². The van der Waals surface area contributed by atoms with Crippen molar-refractivity contribution in [2.75, 3.05) is 20.1 Å². The number of fused-ring (bicyclic) bond motifs is 3. The van der Waals surface area contributed by atoms with E-state index in [1.165, 1.54) is 19.2 Å². The van der Waals surface area contributed by atoms with Gasteiger partial charge in [0, 0.05) is 13.6 Å². The lowest BCUT2D eigenvalue weighted by molar-refractivity contribution is 0.0613. The van der Waals surface area contributed by atoms with Crippen molar-refractivity contribution in [1.29, 1.82) is 0 Å². The third kappa shape index (κ3) is 3.57. The van der Waals surface area contributed by atoms with E-state index in [9.17, 15) is 14.0 Å². The summed E-state index contributed by atoms with van der Waals surface area (Å²) < 4.78 is 20.4. The fourth-order valence-corrected chi connectivity index (χ4v) is 4.27. The number of piperidine rings is 1. The Hall–Kier alpha value is -2.60. The normalized spacial score (nSPS) is 18.0. The average Bonchev–Trinajstić information content (AvgIpc) is 2.80. The molecule has 0 unspecified atom stereocenters. The number of hydrogen-bond acceptors (Lipinski definition) is 3. The lowest BCUT2D eigenvalue weighted by atomic mass is 9.96. The Morgan fingerprint density at radius 2 is 2.17 bits per heavy atom. The Kier molecular flexibility index (Phi) is 5.21. The lowest BCUT2D eigenvalue weighted by Gasteiger charge is -2.29. The second kappa shape index (κ2) is 7.67. The van der Waals surface area contributed by atoms with Crippen molar-refractivity contribution in [3.05, 3.63) is 62.9 Å². The summed E-state index contributed by atoms with van der Waals surface area (Å²) in [6.07, 6.45) is 2.16. The highest BCUT2D eigenvalue weighted by molar-refractivity contribution is 6.33. The van der Waals surface area contributed by atoms with E-state index in [-0.39, 0.29) is 17.6 Å². The first-order valence-corrected chi connectivity index (χ1v) is 10.0. The van der Waals surface area contributed by atoms with E-state index < -0.39 is 11.7 Å². The minimum absolute atomic E-state index is 0.00316. The molecule has 0 aromatic heterocycles. The number of benzene rings is 2. The third-order valence-electron chi connectivity index (χ3n) is 5.65. The van der Waals surface area contributed by atoms with Crippen molar-refractivity contribution in [3.63, 3.8) is 0 Å². The van der Waals surface area contributed by atoms with Crippen LogP contribution in [0.1, 0.15) is 50.2 Å². The Balaban J connectivity index is 1.71. The first-order valence-electron chi connectivity index (χ1n) is 9.67. The van der Waals surface area contributed by atoms with Crippen LogP contribution in [0.15, 0.2) is 24.3 Å². The maximum Gasteiger partial charge on any atom is 0.257 e. The lowest BCUT2D eigenvalue weighted by Crippen LogP contribution is -2.41. The molecule has 2 aliphatic rings. The van der Waals surface area contributed by atoms with Gasteiger partial charge < -0.3 is 15.0 Å². The summed E-state index contributed by atoms with van der Waals surface area (Å²) in [4.78, 5) is 26.5. The van der Waals surface area contributed by atoms with Gasteiger partial charge in [0.15, 0.2) is 5.75 Å². The number of ether oxygens (including phenoxy) is 1. The maximum absolute atomic E-state index is 14.3. The van der Waals surface area contributed by atoms with Crippen LogP contribution in [0.2, 0.25) is 5.02 Å². The molecule has 2 aromatic carbocycles. The van der Waals surface area contributed by atoms with Crippen LogP contribution in [0.5, 0.6) is 5.75 Å². The topological polar surface area (TPSA) is 58.6 Å². The van der Waals surface area contributed by atoms with Gasteiger partial charge in [0.1, 0.15) is 11.9 Å². The van der Waals surface area contributed by atoms with Crippen LogP contribution >= 0.6 is 11.6 Å². The molecule has 0 aliphatic carbocycles. The number of amides is 2. The van der Waals surface area contributed by atoms with Gasteiger partial charge in [-0.1, -0.05) is 17.7 Å². The fraction of sp³-hybridized carbons (Fsp3) is 0.364. The van der Waals surface area contributed by atoms with Crippen molar-refractivity contribution < 1.29 is 18.7 Å². The Morgan fingerprint density at radius 1 is 1.38 bits per heavy atom. The van der Waals surface area contributed by atoms with Gasteiger partial charge in [0.25, 0.3) is 11.8 Å². The Labute approximate surface area is 173 Å². The molecule has 1 fully saturated rings. The van der Waals surface area contributed by atoms with E-state index >= 15 is 0 Å². The number of nitrogens with zero attached hydrogens (tertiary/aromatic N) is 1. The van der Waals surface area contributed by atoms with E-state index in [4.69, 9.17) is 16.3 Å². The molecule has 1 atom stereocenters. The number of carbonyl (C=O) groups excluding carboxylic acids is 2. The monoisotopic (exact) mass is 416 g/mol. The zero-order valence-corrected chi connectivity index (χ0v) is 17.1.